The molecule has 154 valence electrons. The van der Waals surface area contributed by atoms with Crippen LogP contribution in [-0.4, -0.2) is 61.1 Å². The van der Waals surface area contributed by atoms with Gasteiger partial charge in [-0.2, -0.15) is 0 Å². The lowest BCUT2D eigenvalue weighted by Gasteiger charge is -2.39. The van der Waals surface area contributed by atoms with Gasteiger partial charge in [0.1, 0.15) is 17.7 Å². The Morgan fingerprint density at radius 3 is 2.75 bits per heavy atom. The van der Waals surface area contributed by atoms with E-state index in [-0.39, 0.29) is 5.91 Å². The van der Waals surface area contributed by atoms with E-state index in [0.29, 0.717) is 45.1 Å². The van der Waals surface area contributed by atoms with Gasteiger partial charge >= 0.3 is 0 Å². The van der Waals surface area contributed by atoms with Gasteiger partial charge in [0.15, 0.2) is 0 Å². The predicted molar refractivity (Wildman–Crippen MR) is 99.8 cm³/mol. The van der Waals surface area contributed by atoms with Gasteiger partial charge in [-0.05, 0) is 37.0 Å². The second-order valence-corrected chi connectivity index (χ2v) is 8.12. The van der Waals surface area contributed by atoms with Crippen molar-refractivity contribution in [3.63, 3.8) is 0 Å². The highest BCUT2D eigenvalue weighted by Gasteiger charge is 2.41. The number of halogens is 2. The number of hydrogen-bond acceptors (Lipinski definition) is 4. The minimum atomic E-state index is -0.851. The van der Waals surface area contributed by atoms with Crippen molar-refractivity contribution in [3.05, 3.63) is 35.4 Å². The molecule has 2 aliphatic heterocycles. The zero-order valence-corrected chi connectivity index (χ0v) is 16.3. The Morgan fingerprint density at radius 1 is 1.36 bits per heavy atom. The van der Waals surface area contributed by atoms with E-state index in [2.05, 4.69) is 29.4 Å². The minimum Gasteiger partial charge on any atom is -0.381 e. The topological polar surface area (TPSA) is 70.7 Å². The second-order valence-electron chi connectivity index (χ2n) is 8.12. The van der Waals surface area contributed by atoms with Gasteiger partial charge in [-0.25, -0.2) is 8.78 Å². The summed E-state index contributed by atoms with van der Waals surface area (Å²) in [6.45, 7) is 7.07. The van der Waals surface area contributed by atoms with E-state index in [1.807, 2.05) is 0 Å². The number of nitrogens with zero attached hydrogens (tertiary/aromatic N) is 1. The van der Waals surface area contributed by atoms with Crippen LogP contribution < -0.4 is 10.6 Å². The number of carbonyl (C=O) groups is 2. The number of benzene rings is 1. The first-order valence-corrected chi connectivity index (χ1v) is 9.66. The van der Waals surface area contributed by atoms with E-state index in [0.717, 1.165) is 24.7 Å². The monoisotopic (exact) mass is 395 g/mol. The number of amides is 2. The molecule has 6 nitrogen and oxygen atoms in total. The van der Waals surface area contributed by atoms with Crippen molar-refractivity contribution in [2.45, 2.75) is 38.3 Å². The minimum absolute atomic E-state index is 0.307. The van der Waals surface area contributed by atoms with Crippen molar-refractivity contribution in [1.29, 1.82) is 0 Å². The van der Waals surface area contributed by atoms with Gasteiger partial charge in [-0.15, -0.1) is 0 Å². The molecule has 2 heterocycles. The Kier molecular flexibility index (Phi) is 6.30. The maximum atomic E-state index is 13.9. The van der Waals surface area contributed by atoms with Crippen molar-refractivity contribution in [2.24, 2.45) is 5.92 Å². The summed E-state index contributed by atoms with van der Waals surface area (Å²) in [7, 11) is 0. The molecule has 2 amide bonds. The van der Waals surface area contributed by atoms with E-state index in [1.54, 1.807) is 0 Å². The summed E-state index contributed by atoms with van der Waals surface area (Å²) in [6.07, 6.45) is 1.40. The average molecular weight is 395 g/mol. The number of rotatable bonds is 4. The summed E-state index contributed by atoms with van der Waals surface area (Å²) in [5, 5.41) is 5.67. The molecule has 2 N–H and O–H groups in total. The highest BCUT2D eigenvalue weighted by Crippen LogP contribution is 2.25. The molecule has 2 saturated heterocycles. The predicted octanol–water partition coefficient (Wildman–Crippen LogP) is 1.70. The Bertz CT molecular complexity index is 735. The van der Waals surface area contributed by atoms with Crippen LogP contribution in [0.5, 0.6) is 0 Å². The molecule has 0 bridgehead atoms. The molecule has 1 spiro atoms. The van der Waals surface area contributed by atoms with E-state index in [4.69, 9.17) is 4.74 Å². The van der Waals surface area contributed by atoms with Gasteiger partial charge in [0.05, 0.1) is 11.1 Å². The second kappa shape index (κ2) is 8.53. The average Bonchev–Trinajstić information content (AvgIpc) is 2.73. The largest absolute Gasteiger partial charge is 0.381 e. The summed E-state index contributed by atoms with van der Waals surface area (Å²) < 4.78 is 32.8. The third-order valence-electron chi connectivity index (χ3n) is 5.22. The number of nitrogens with one attached hydrogen (secondary N) is 2. The number of ether oxygens (including phenoxy) is 1. The zero-order chi connectivity index (χ0) is 20.3. The lowest BCUT2D eigenvalue weighted by Crippen LogP contribution is -2.57. The first-order valence-electron chi connectivity index (χ1n) is 9.66. The van der Waals surface area contributed by atoms with Gasteiger partial charge in [0.25, 0.3) is 5.91 Å². The molecule has 28 heavy (non-hydrogen) atoms. The van der Waals surface area contributed by atoms with Crippen LogP contribution in [0.25, 0.3) is 0 Å². The van der Waals surface area contributed by atoms with Crippen molar-refractivity contribution in [1.82, 2.24) is 15.5 Å². The molecule has 0 saturated carbocycles. The van der Waals surface area contributed by atoms with Crippen molar-refractivity contribution >= 4 is 11.8 Å². The maximum absolute atomic E-state index is 13.9. The molecule has 2 aliphatic rings. The molecular weight excluding hydrogens is 368 g/mol. The Morgan fingerprint density at radius 2 is 2.07 bits per heavy atom. The van der Waals surface area contributed by atoms with Gasteiger partial charge in [0, 0.05) is 32.8 Å². The van der Waals surface area contributed by atoms with Crippen molar-refractivity contribution in [3.8, 4) is 0 Å². The molecule has 1 aromatic rings. The summed E-state index contributed by atoms with van der Waals surface area (Å²) in [4.78, 5) is 27.5. The van der Waals surface area contributed by atoms with Gasteiger partial charge in [-0.1, -0.05) is 13.8 Å². The van der Waals surface area contributed by atoms with E-state index in [9.17, 15) is 18.4 Å². The molecule has 0 radical (unpaired) electrons. The molecule has 1 unspecified atom stereocenters. The lowest BCUT2D eigenvalue weighted by molar-refractivity contribution is -0.125. The van der Waals surface area contributed by atoms with Crippen LogP contribution in [0.3, 0.4) is 0 Å². The van der Waals surface area contributed by atoms with Crippen LogP contribution in [-0.2, 0) is 9.53 Å². The summed E-state index contributed by atoms with van der Waals surface area (Å²) in [6, 6.07) is 1.84. The number of carbonyl (C=O) groups excluding carboxylic acids is 2. The molecule has 2 fully saturated rings. The van der Waals surface area contributed by atoms with Crippen molar-refractivity contribution in [2.75, 3.05) is 32.8 Å². The van der Waals surface area contributed by atoms with Gasteiger partial charge < -0.3 is 15.4 Å². The molecule has 3 rings (SSSR count). The Labute approximate surface area is 163 Å². The van der Waals surface area contributed by atoms with Gasteiger partial charge in [-0.3, -0.25) is 14.5 Å². The molecule has 8 heteroatoms. The fraction of sp³-hybridized carbons (Fsp3) is 0.600. The zero-order valence-electron chi connectivity index (χ0n) is 16.3. The summed E-state index contributed by atoms with van der Waals surface area (Å²) in [5.74, 6) is -2.27. The smallest absolute Gasteiger partial charge is 0.255 e. The quantitative estimate of drug-likeness (QED) is 0.814. The highest BCUT2D eigenvalue weighted by atomic mass is 19.1. The van der Waals surface area contributed by atoms with E-state index >= 15 is 0 Å². The third kappa shape index (κ3) is 4.86. The Balaban J connectivity index is 1.80. The van der Waals surface area contributed by atoms with Crippen LogP contribution in [0, 0.1) is 17.6 Å². The normalized spacial score (nSPS) is 22.8. The molecular formula is C20H27F2N3O3. The molecule has 1 aromatic carbocycles. The molecule has 0 aromatic heterocycles. The van der Waals surface area contributed by atoms with Gasteiger partial charge in [0.2, 0.25) is 5.91 Å². The molecule has 0 aliphatic carbocycles. The summed E-state index contributed by atoms with van der Waals surface area (Å²) >= 11 is 0. The van der Waals surface area contributed by atoms with Crippen LogP contribution in [0.4, 0.5) is 8.78 Å². The fourth-order valence-electron chi connectivity index (χ4n) is 3.94. The fourth-order valence-corrected chi connectivity index (χ4v) is 3.94. The van der Waals surface area contributed by atoms with E-state index < -0.39 is 34.7 Å². The first kappa shape index (κ1) is 20.7. The third-order valence-corrected chi connectivity index (χ3v) is 5.22. The SMILES string of the molecule is CC(C)CN1CC(NC(=O)c2cc(F)ccc2F)C(=O)NC2(CCOCC2)C1. The van der Waals surface area contributed by atoms with Crippen molar-refractivity contribution < 1.29 is 23.1 Å². The maximum Gasteiger partial charge on any atom is 0.255 e. The highest BCUT2D eigenvalue weighted by molar-refractivity contribution is 5.98. The summed E-state index contributed by atoms with van der Waals surface area (Å²) in [5.41, 5.74) is -0.804. The van der Waals surface area contributed by atoms with Crippen LogP contribution in [0.1, 0.15) is 37.0 Å². The van der Waals surface area contributed by atoms with Crippen LogP contribution >= 0.6 is 0 Å². The Hall–Kier alpha value is -2.06. The van der Waals surface area contributed by atoms with Crippen LogP contribution in [0.2, 0.25) is 0 Å². The standard InChI is InChI=1S/C20H27F2N3O3/c1-13(2)10-25-11-17(19(27)24-20(12-25)5-7-28-8-6-20)23-18(26)15-9-14(21)3-4-16(15)22/h3-4,9,13,17H,5-8,10-12H2,1-2H3,(H,23,26)(H,24,27). The number of hydrogen-bond donors (Lipinski definition) is 2. The van der Waals surface area contributed by atoms with Crippen LogP contribution in [0.15, 0.2) is 18.2 Å². The van der Waals surface area contributed by atoms with E-state index in [1.165, 1.54) is 0 Å². The lowest BCUT2D eigenvalue weighted by atomic mass is 9.89. The first-order chi connectivity index (χ1) is 13.3. The molecule has 1 atom stereocenters.